The number of nitrogens with zero attached hydrogens (tertiary/aromatic N) is 2. The van der Waals surface area contributed by atoms with E-state index in [0.29, 0.717) is 18.7 Å². The van der Waals surface area contributed by atoms with Gasteiger partial charge in [0, 0.05) is 38.8 Å². The molecule has 0 radical (unpaired) electrons. The first-order valence-electron chi connectivity index (χ1n) is 6.93. The fourth-order valence-electron chi connectivity index (χ4n) is 2.55. The van der Waals surface area contributed by atoms with Gasteiger partial charge in [0.15, 0.2) is 0 Å². The number of carbonyl (C=O) groups excluding carboxylic acids is 1. The Hall–Kier alpha value is -2.10. The third kappa shape index (κ3) is 3.51. The van der Waals surface area contributed by atoms with Gasteiger partial charge in [0.2, 0.25) is 5.91 Å². The lowest BCUT2D eigenvalue weighted by Gasteiger charge is -2.35. The maximum Gasteiger partial charge on any atom is 0.238 e. The third-order valence-corrected chi connectivity index (χ3v) is 3.69. The standard InChI is InChI=1S/C15H20N4O2/c1-17-15(20)13-9-18-5-6-19(13)10-12-7-11(8-16)3-4-14(12)21-2/h3-4,7,13,18H,5-6,9-10H2,1-2H3,(H,17,20). The molecule has 0 aromatic heterocycles. The maximum absolute atomic E-state index is 12.0. The number of benzene rings is 1. The average molecular weight is 288 g/mol. The van der Waals surface area contributed by atoms with Crippen LogP contribution in [0.1, 0.15) is 11.1 Å². The molecule has 6 heteroatoms. The van der Waals surface area contributed by atoms with Crippen LogP contribution in [-0.2, 0) is 11.3 Å². The predicted molar refractivity (Wildman–Crippen MR) is 78.8 cm³/mol. The Morgan fingerprint density at radius 3 is 3.10 bits per heavy atom. The van der Waals surface area contributed by atoms with Gasteiger partial charge in [-0.3, -0.25) is 9.69 Å². The zero-order chi connectivity index (χ0) is 15.2. The number of hydrogen-bond donors (Lipinski definition) is 2. The van der Waals surface area contributed by atoms with E-state index in [1.165, 1.54) is 0 Å². The number of carbonyl (C=O) groups is 1. The highest BCUT2D eigenvalue weighted by Gasteiger charge is 2.28. The van der Waals surface area contributed by atoms with Crippen molar-refractivity contribution in [3.63, 3.8) is 0 Å². The molecule has 1 heterocycles. The number of methoxy groups -OCH3 is 1. The predicted octanol–water partition coefficient (Wildman–Crippen LogP) is 0.0867. The number of ether oxygens (including phenoxy) is 1. The molecule has 1 unspecified atom stereocenters. The summed E-state index contributed by atoms with van der Waals surface area (Å²) in [5, 5.41) is 15.0. The average Bonchev–Trinajstić information content (AvgIpc) is 2.54. The SMILES string of the molecule is CNC(=O)C1CNCCN1Cc1cc(C#N)ccc1OC. The van der Waals surface area contributed by atoms with E-state index in [9.17, 15) is 4.79 Å². The van der Waals surface area contributed by atoms with Crippen LogP contribution in [0.4, 0.5) is 0 Å². The molecule has 1 saturated heterocycles. The van der Waals surface area contributed by atoms with Crippen LogP contribution in [0.3, 0.4) is 0 Å². The van der Waals surface area contributed by atoms with Crippen LogP contribution < -0.4 is 15.4 Å². The van der Waals surface area contributed by atoms with Gasteiger partial charge in [0.05, 0.1) is 18.7 Å². The Balaban J connectivity index is 2.22. The quantitative estimate of drug-likeness (QED) is 0.821. The Morgan fingerprint density at radius 2 is 2.43 bits per heavy atom. The van der Waals surface area contributed by atoms with E-state index in [2.05, 4.69) is 21.6 Å². The normalized spacial score (nSPS) is 18.8. The van der Waals surface area contributed by atoms with Crippen LogP contribution in [0.15, 0.2) is 18.2 Å². The monoisotopic (exact) mass is 288 g/mol. The maximum atomic E-state index is 12.0. The molecule has 1 aromatic carbocycles. The van der Waals surface area contributed by atoms with Gasteiger partial charge in [-0.1, -0.05) is 0 Å². The summed E-state index contributed by atoms with van der Waals surface area (Å²) in [5.74, 6) is 0.737. The largest absolute Gasteiger partial charge is 0.496 e. The van der Waals surface area contributed by atoms with Crippen molar-refractivity contribution in [1.82, 2.24) is 15.5 Å². The summed E-state index contributed by atoms with van der Waals surface area (Å²) >= 11 is 0. The molecule has 0 aliphatic carbocycles. The van der Waals surface area contributed by atoms with Crippen LogP contribution in [0, 0.1) is 11.3 Å². The number of amides is 1. The highest BCUT2D eigenvalue weighted by molar-refractivity contribution is 5.81. The fourth-order valence-corrected chi connectivity index (χ4v) is 2.55. The summed E-state index contributed by atoms with van der Waals surface area (Å²) in [6.07, 6.45) is 0. The van der Waals surface area contributed by atoms with Crippen molar-refractivity contribution in [2.24, 2.45) is 0 Å². The second kappa shape index (κ2) is 7.07. The minimum absolute atomic E-state index is 0.00222. The van der Waals surface area contributed by atoms with Gasteiger partial charge in [-0.25, -0.2) is 0 Å². The van der Waals surface area contributed by atoms with E-state index in [0.717, 1.165) is 24.4 Å². The van der Waals surface area contributed by atoms with Gasteiger partial charge in [0.25, 0.3) is 0 Å². The lowest BCUT2D eigenvalue weighted by atomic mass is 10.1. The summed E-state index contributed by atoms with van der Waals surface area (Å²) in [5.41, 5.74) is 1.52. The van der Waals surface area contributed by atoms with Crippen molar-refractivity contribution in [3.05, 3.63) is 29.3 Å². The highest BCUT2D eigenvalue weighted by Crippen LogP contribution is 2.22. The van der Waals surface area contributed by atoms with Gasteiger partial charge in [-0.05, 0) is 18.2 Å². The number of piperazine rings is 1. The molecule has 2 rings (SSSR count). The molecule has 0 bridgehead atoms. The summed E-state index contributed by atoms with van der Waals surface area (Å²) in [6.45, 7) is 2.82. The first kappa shape index (κ1) is 15.3. The zero-order valence-electron chi connectivity index (χ0n) is 12.3. The Bertz CT molecular complexity index is 553. The molecule has 1 aromatic rings. The lowest BCUT2D eigenvalue weighted by Crippen LogP contribution is -2.56. The van der Waals surface area contributed by atoms with Gasteiger partial charge < -0.3 is 15.4 Å². The molecular weight excluding hydrogens is 268 g/mol. The summed E-state index contributed by atoms with van der Waals surface area (Å²) in [4.78, 5) is 14.1. The molecule has 2 N–H and O–H groups in total. The second-order valence-electron chi connectivity index (χ2n) is 4.94. The van der Waals surface area contributed by atoms with Gasteiger partial charge in [-0.15, -0.1) is 0 Å². The zero-order valence-corrected chi connectivity index (χ0v) is 12.3. The van der Waals surface area contributed by atoms with Crippen LogP contribution in [0.5, 0.6) is 5.75 Å². The van der Waals surface area contributed by atoms with Gasteiger partial charge >= 0.3 is 0 Å². The number of hydrogen-bond acceptors (Lipinski definition) is 5. The topological polar surface area (TPSA) is 77.4 Å². The van der Waals surface area contributed by atoms with Crippen molar-refractivity contribution >= 4 is 5.91 Å². The number of likely N-dealkylation sites (N-methyl/N-ethyl adjacent to an activating group) is 1. The van der Waals surface area contributed by atoms with Gasteiger partial charge in [0.1, 0.15) is 11.8 Å². The molecule has 1 aliphatic heterocycles. The minimum atomic E-state index is -0.209. The molecule has 0 saturated carbocycles. The van der Waals surface area contributed by atoms with Gasteiger partial charge in [-0.2, -0.15) is 5.26 Å². The number of nitrogens with one attached hydrogen (secondary N) is 2. The van der Waals surface area contributed by atoms with Crippen LogP contribution in [-0.4, -0.2) is 50.6 Å². The van der Waals surface area contributed by atoms with E-state index in [1.807, 2.05) is 6.07 Å². The molecule has 112 valence electrons. The Labute approximate surface area is 124 Å². The molecule has 1 amide bonds. The third-order valence-electron chi connectivity index (χ3n) is 3.69. The molecule has 1 fully saturated rings. The summed E-state index contributed by atoms with van der Waals surface area (Å²) < 4.78 is 5.36. The number of nitriles is 1. The molecule has 21 heavy (non-hydrogen) atoms. The van der Waals surface area contributed by atoms with Crippen molar-refractivity contribution in [3.8, 4) is 11.8 Å². The van der Waals surface area contributed by atoms with Crippen LogP contribution in [0.2, 0.25) is 0 Å². The molecule has 0 spiro atoms. The summed E-state index contributed by atoms with van der Waals surface area (Å²) in [6, 6.07) is 7.28. The van der Waals surface area contributed by atoms with Crippen molar-refractivity contribution in [2.75, 3.05) is 33.8 Å². The Morgan fingerprint density at radius 1 is 1.62 bits per heavy atom. The highest BCUT2D eigenvalue weighted by atomic mass is 16.5. The first-order valence-corrected chi connectivity index (χ1v) is 6.93. The second-order valence-corrected chi connectivity index (χ2v) is 4.94. The smallest absolute Gasteiger partial charge is 0.238 e. The van der Waals surface area contributed by atoms with E-state index in [4.69, 9.17) is 10.00 Å². The number of rotatable bonds is 4. The van der Waals surface area contributed by atoms with Crippen molar-refractivity contribution in [1.29, 1.82) is 5.26 Å². The van der Waals surface area contributed by atoms with E-state index >= 15 is 0 Å². The summed E-state index contributed by atoms with van der Waals surface area (Å²) in [7, 11) is 3.25. The molecule has 1 aliphatic rings. The van der Waals surface area contributed by atoms with Crippen molar-refractivity contribution < 1.29 is 9.53 Å². The molecular formula is C15H20N4O2. The van der Waals surface area contributed by atoms with Crippen LogP contribution >= 0.6 is 0 Å². The van der Waals surface area contributed by atoms with E-state index < -0.39 is 0 Å². The van der Waals surface area contributed by atoms with E-state index in [1.54, 1.807) is 26.3 Å². The molecule has 6 nitrogen and oxygen atoms in total. The minimum Gasteiger partial charge on any atom is -0.496 e. The fraction of sp³-hybridized carbons (Fsp3) is 0.467. The Kier molecular flexibility index (Phi) is 5.14. The first-order chi connectivity index (χ1) is 10.2. The van der Waals surface area contributed by atoms with Crippen molar-refractivity contribution in [2.45, 2.75) is 12.6 Å². The molecule has 1 atom stereocenters. The van der Waals surface area contributed by atoms with E-state index in [-0.39, 0.29) is 11.9 Å². The lowest BCUT2D eigenvalue weighted by molar-refractivity contribution is -0.126. The van der Waals surface area contributed by atoms with Crippen LogP contribution in [0.25, 0.3) is 0 Å².